The third-order valence-electron chi connectivity index (χ3n) is 5.72. The first-order valence-electron chi connectivity index (χ1n) is 10.5. The molecule has 5 nitrogen and oxygen atoms in total. The highest BCUT2D eigenvalue weighted by molar-refractivity contribution is 7.92. The Morgan fingerprint density at radius 2 is 1.71 bits per heavy atom. The van der Waals surface area contributed by atoms with Crippen LogP contribution in [0.5, 0.6) is 0 Å². The Balaban J connectivity index is 1.98. The number of amidine groups is 1. The lowest BCUT2D eigenvalue weighted by molar-refractivity contribution is 0.0145. The number of benzene rings is 2. The van der Waals surface area contributed by atoms with E-state index in [0.29, 0.717) is 6.92 Å². The molecule has 0 radical (unpaired) electrons. The predicted octanol–water partition coefficient (Wildman–Crippen LogP) is 6.33. The first kappa shape index (κ1) is 26.3. The lowest BCUT2D eigenvalue weighted by atomic mass is 9.84. The van der Waals surface area contributed by atoms with Gasteiger partial charge in [0.2, 0.25) is 0 Å². The minimum Gasteiger partial charge on any atom is -0.347 e. The topological polar surface area (TPSA) is 73.3 Å². The number of hydrogen-bond acceptors (Lipinski definition) is 3. The predicted molar refractivity (Wildman–Crippen MR) is 125 cm³/mol. The summed E-state index contributed by atoms with van der Waals surface area (Å²) in [6.07, 6.45) is -0.446. The SMILES string of the molecule is CC(F)(F)c1ccc(S(=O)(=O)Nc2cccc(Cl)c2C(=N)N2CC(F)(F)CC2C(C)(C)C)cc1. The molecule has 0 saturated carbocycles. The molecule has 1 aliphatic heterocycles. The second kappa shape index (κ2) is 8.71. The van der Waals surface area contributed by atoms with Gasteiger partial charge in [0.15, 0.2) is 0 Å². The maximum atomic E-state index is 14.3. The smallest absolute Gasteiger partial charge is 0.270 e. The van der Waals surface area contributed by atoms with Crippen LogP contribution < -0.4 is 4.72 Å². The number of anilines is 1. The number of nitrogens with one attached hydrogen (secondary N) is 2. The minimum atomic E-state index is -4.25. The number of alkyl halides is 4. The average Bonchev–Trinajstić information content (AvgIpc) is 3.03. The third kappa shape index (κ3) is 5.49. The van der Waals surface area contributed by atoms with Gasteiger partial charge in [-0.05, 0) is 29.7 Å². The molecule has 1 saturated heterocycles. The van der Waals surface area contributed by atoms with Crippen LogP contribution in [0.2, 0.25) is 5.02 Å². The summed E-state index contributed by atoms with van der Waals surface area (Å²) in [6, 6.07) is 7.68. The van der Waals surface area contributed by atoms with Gasteiger partial charge in [-0.3, -0.25) is 10.1 Å². The molecule has 0 amide bonds. The molecule has 0 spiro atoms. The van der Waals surface area contributed by atoms with E-state index < -0.39 is 46.3 Å². The second-order valence-corrected chi connectivity index (χ2v) is 11.7. The maximum Gasteiger partial charge on any atom is 0.270 e. The van der Waals surface area contributed by atoms with Crippen molar-refractivity contribution in [2.45, 2.75) is 56.9 Å². The van der Waals surface area contributed by atoms with E-state index in [-0.39, 0.29) is 32.6 Å². The molecule has 1 unspecified atom stereocenters. The summed E-state index contributed by atoms with van der Waals surface area (Å²) >= 11 is 6.31. The average molecular weight is 520 g/mol. The molecular formula is C23H26ClF4N3O2S. The van der Waals surface area contributed by atoms with Crippen LogP contribution in [0.15, 0.2) is 47.4 Å². The van der Waals surface area contributed by atoms with Gasteiger partial charge in [-0.2, -0.15) is 0 Å². The van der Waals surface area contributed by atoms with Gasteiger partial charge < -0.3 is 4.90 Å². The van der Waals surface area contributed by atoms with Gasteiger partial charge in [-0.15, -0.1) is 0 Å². The van der Waals surface area contributed by atoms with E-state index in [4.69, 9.17) is 17.0 Å². The summed E-state index contributed by atoms with van der Waals surface area (Å²) in [5, 5.41) is 8.70. The third-order valence-corrected chi connectivity index (χ3v) is 7.42. The Kier molecular flexibility index (Phi) is 6.73. The molecule has 1 aliphatic rings. The zero-order chi connectivity index (χ0) is 25.7. The molecule has 0 aliphatic carbocycles. The molecular weight excluding hydrogens is 494 g/mol. The highest BCUT2D eigenvalue weighted by Crippen LogP contribution is 2.42. The number of likely N-dealkylation sites (tertiary alicyclic amines) is 1. The summed E-state index contributed by atoms with van der Waals surface area (Å²) in [7, 11) is -4.25. The lowest BCUT2D eigenvalue weighted by Crippen LogP contribution is -2.43. The molecule has 3 rings (SSSR count). The molecule has 1 heterocycles. The van der Waals surface area contributed by atoms with Crippen molar-refractivity contribution in [3.8, 4) is 0 Å². The Hall–Kier alpha value is -2.33. The molecule has 2 aromatic carbocycles. The maximum absolute atomic E-state index is 14.3. The first-order valence-corrected chi connectivity index (χ1v) is 12.3. The number of sulfonamides is 1. The Bertz CT molecular complexity index is 1190. The van der Waals surface area contributed by atoms with Crippen LogP contribution in [0.25, 0.3) is 0 Å². The molecule has 1 atom stereocenters. The molecule has 0 aromatic heterocycles. The van der Waals surface area contributed by atoms with Gasteiger partial charge in [0.25, 0.3) is 21.9 Å². The highest BCUT2D eigenvalue weighted by Gasteiger charge is 2.50. The van der Waals surface area contributed by atoms with Crippen LogP contribution in [-0.2, 0) is 15.9 Å². The second-order valence-electron chi connectivity index (χ2n) is 9.60. The molecule has 1 fully saturated rings. The highest BCUT2D eigenvalue weighted by atomic mass is 35.5. The van der Waals surface area contributed by atoms with Crippen molar-refractivity contribution in [2.75, 3.05) is 11.3 Å². The van der Waals surface area contributed by atoms with Crippen molar-refractivity contribution in [2.24, 2.45) is 5.41 Å². The van der Waals surface area contributed by atoms with Crippen LogP contribution in [0, 0.1) is 10.8 Å². The molecule has 34 heavy (non-hydrogen) atoms. The van der Waals surface area contributed by atoms with Gasteiger partial charge in [-0.25, -0.2) is 26.0 Å². The Morgan fingerprint density at radius 3 is 2.24 bits per heavy atom. The normalized spacial score (nSPS) is 18.7. The van der Waals surface area contributed by atoms with Gasteiger partial charge in [-0.1, -0.05) is 50.6 Å². The van der Waals surface area contributed by atoms with Crippen molar-refractivity contribution in [3.63, 3.8) is 0 Å². The van der Waals surface area contributed by atoms with Crippen LogP contribution in [-0.4, -0.2) is 37.7 Å². The summed E-state index contributed by atoms with van der Waals surface area (Å²) in [5.41, 5.74) is -1.06. The van der Waals surface area contributed by atoms with Crippen molar-refractivity contribution >= 4 is 33.1 Å². The Labute approximate surface area is 201 Å². The monoisotopic (exact) mass is 519 g/mol. The quantitative estimate of drug-likeness (QED) is 0.275. The zero-order valence-corrected chi connectivity index (χ0v) is 20.7. The van der Waals surface area contributed by atoms with E-state index in [1.807, 2.05) is 0 Å². The summed E-state index contributed by atoms with van der Waals surface area (Å²) < 4.78 is 83.8. The van der Waals surface area contributed by atoms with E-state index in [1.165, 1.54) is 23.1 Å². The number of hydrogen-bond donors (Lipinski definition) is 2. The largest absolute Gasteiger partial charge is 0.347 e. The number of rotatable bonds is 5. The lowest BCUT2D eigenvalue weighted by Gasteiger charge is -2.36. The van der Waals surface area contributed by atoms with E-state index in [0.717, 1.165) is 24.3 Å². The number of halogens is 5. The van der Waals surface area contributed by atoms with Gasteiger partial charge in [0, 0.05) is 24.9 Å². The van der Waals surface area contributed by atoms with Crippen molar-refractivity contribution in [3.05, 3.63) is 58.6 Å². The van der Waals surface area contributed by atoms with E-state index >= 15 is 0 Å². The van der Waals surface area contributed by atoms with Gasteiger partial charge in [0.1, 0.15) is 5.84 Å². The first-order chi connectivity index (χ1) is 15.4. The van der Waals surface area contributed by atoms with Crippen LogP contribution in [0.3, 0.4) is 0 Å². The number of nitrogens with zero attached hydrogens (tertiary/aromatic N) is 1. The fourth-order valence-corrected chi connectivity index (χ4v) is 5.29. The fraction of sp³-hybridized carbons (Fsp3) is 0.435. The van der Waals surface area contributed by atoms with Crippen LogP contribution in [0.1, 0.15) is 45.2 Å². The molecule has 2 N–H and O–H groups in total. The molecule has 11 heteroatoms. The van der Waals surface area contributed by atoms with Crippen LogP contribution >= 0.6 is 11.6 Å². The minimum absolute atomic E-state index is 0.00838. The fourth-order valence-electron chi connectivity index (χ4n) is 3.95. The Morgan fingerprint density at radius 1 is 1.12 bits per heavy atom. The summed E-state index contributed by atoms with van der Waals surface area (Å²) in [6.45, 7) is 5.38. The van der Waals surface area contributed by atoms with Crippen LogP contribution in [0.4, 0.5) is 23.2 Å². The standard InChI is InChI=1S/C23H26ClF4N3O2S/c1-21(2,3)18-12-23(27,28)13-31(18)20(29)19-16(24)6-5-7-17(19)30-34(32,33)15-10-8-14(9-11-15)22(4,25)26/h5-11,18,29-30H,12-13H2,1-4H3. The van der Waals surface area contributed by atoms with Crippen molar-refractivity contribution < 1.29 is 26.0 Å². The summed E-state index contributed by atoms with van der Waals surface area (Å²) in [4.78, 5) is 0.968. The van der Waals surface area contributed by atoms with E-state index in [1.54, 1.807) is 20.8 Å². The molecule has 186 valence electrons. The van der Waals surface area contributed by atoms with Crippen molar-refractivity contribution in [1.82, 2.24) is 4.90 Å². The summed E-state index contributed by atoms with van der Waals surface area (Å²) in [5.74, 6) is -6.48. The molecule has 2 aromatic rings. The van der Waals surface area contributed by atoms with E-state index in [9.17, 15) is 26.0 Å². The van der Waals surface area contributed by atoms with E-state index in [2.05, 4.69) is 4.72 Å². The van der Waals surface area contributed by atoms with Gasteiger partial charge in [0.05, 0.1) is 27.7 Å². The van der Waals surface area contributed by atoms with Gasteiger partial charge >= 0.3 is 0 Å². The van der Waals surface area contributed by atoms with Crippen molar-refractivity contribution in [1.29, 1.82) is 5.41 Å². The zero-order valence-electron chi connectivity index (χ0n) is 19.1. The molecule has 0 bridgehead atoms.